The maximum Gasteiger partial charge on any atom is 0.119 e. The predicted molar refractivity (Wildman–Crippen MR) is 135 cm³/mol. The highest BCUT2D eigenvalue weighted by Crippen LogP contribution is 2.27. The topological polar surface area (TPSA) is 48.4 Å². The maximum atomic E-state index is 6.23. The first-order valence-corrected chi connectivity index (χ1v) is 11.1. The number of hydrogen-bond donors (Lipinski definition) is 1. The van der Waals surface area contributed by atoms with Crippen LogP contribution in [0, 0.1) is 0 Å². The van der Waals surface area contributed by atoms with E-state index in [1.165, 1.54) is 11.1 Å². The van der Waals surface area contributed by atoms with Gasteiger partial charge in [0.2, 0.25) is 0 Å². The Hall–Kier alpha value is -2.35. The van der Waals surface area contributed by atoms with E-state index in [-0.39, 0.29) is 2.85 Å². The average molecular weight is 428 g/mol. The third kappa shape index (κ3) is 6.86. The van der Waals surface area contributed by atoms with E-state index in [0.29, 0.717) is 6.61 Å². The van der Waals surface area contributed by atoms with Crippen molar-refractivity contribution >= 4 is 9.24 Å². The summed E-state index contributed by atoms with van der Waals surface area (Å²) in [5, 5.41) is -0.400. The molecule has 0 saturated heterocycles. The van der Waals surface area contributed by atoms with Crippen molar-refractivity contribution in [3.05, 3.63) is 90.4 Å². The molecule has 3 aromatic rings. The third-order valence-electron chi connectivity index (χ3n) is 5.05. The molecule has 0 radical (unpaired) electrons. The first kappa shape index (κ1) is 23.9. The molecule has 0 aliphatic carbocycles. The van der Waals surface area contributed by atoms with Crippen molar-refractivity contribution in [1.82, 2.24) is 0 Å². The van der Waals surface area contributed by atoms with E-state index in [9.17, 15) is 0 Å². The lowest BCUT2D eigenvalue weighted by molar-refractivity contribution is 0.322. The fourth-order valence-corrected chi connectivity index (χ4v) is 3.05. The summed E-state index contributed by atoms with van der Waals surface area (Å²) in [6.45, 7) is 10.9. The molecular formula is C26H38NO2P. The summed E-state index contributed by atoms with van der Waals surface area (Å²) in [6.07, 6.45) is 5.93. The third-order valence-corrected chi connectivity index (χ3v) is 5.87. The molecule has 3 rings (SSSR count). The van der Waals surface area contributed by atoms with Crippen molar-refractivity contribution in [3.63, 3.8) is 0 Å². The second-order valence-electron chi connectivity index (χ2n) is 7.13. The summed E-state index contributed by atoms with van der Waals surface area (Å²) in [6, 6.07) is 18.6. The van der Waals surface area contributed by atoms with Gasteiger partial charge in [0.15, 0.2) is 0 Å². The molecule has 3 nitrogen and oxygen atoms in total. The lowest BCUT2D eigenvalue weighted by atomic mass is 9.98. The minimum atomic E-state index is -0.400. The Kier molecular flexibility index (Phi) is 9.36. The van der Waals surface area contributed by atoms with Gasteiger partial charge in [-0.3, -0.25) is 0 Å². The summed E-state index contributed by atoms with van der Waals surface area (Å²) in [7, 11) is 2.70. The molecular weight excluding hydrogens is 389 g/mol. The lowest BCUT2D eigenvalue weighted by Gasteiger charge is -2.25. The van der Waals surface area contributed by atoms with Crippen molar-refractivity contribution in [1.29, 1.82) is 0 Å². The first-order chi connectivity index (χ1) is 14.5. The van der Waals surface area contributed by atoms with Gasteiger partial charge in [-0.15, -0.1) is 9.24 Å². The quantitative estimate of drug-likeness (QED) is 0.292. The number of furan rings is 1. The zero-order chi connectivity index (χ0) is 22.0. The highest BCUT2D eigenvalue weighted by molar-refractivity contribution is 7.19. The SMILES string of the molecule is C=C(Cc1ccc(OCCc2ccc(-c3ccoc3)cc2)cc1)[C@](N)(P)CC.CC.[HH].[HH]. The van der Waals surface area contributed by atoms with Gasteiger partial charge >= 0.3 is 0 Å². The van der Waals surface area contributed by atoms with Crippen molar-refractivity contribution in [2.24, 2.45) is 5.73 Å². The van der Waals surface area contributed by atoms with E-state index < -0.39 is 5.28 Å². The molecule has 0 spiro atoms. The standard InChI is InChI=1S/C24H28NO2P.C2H6.2H2/c1-3-24(25,28)18(2)16-20-6-10-23(11-7-20)27-15-12-19-4-8-21(9-5-19)22-13-14-26-17-22;1-2;;/h4-11,13-14,17H,2-3,12,15-16,25,28H2,1H3;1-2H3;2*1H/t24-;;;/m1.../s1. The molecule has 164 valence electrons. The predicted octanol–water partition coefficient (Wildman–Crippen LogP) is 7.13. The minimum absolute atomic E-state index is 0. The van der Waals surface area contributed by atoms with Gasteiger partial charge in [0, 0.05) is 14.8 Å². The minimum Gasteiger partial charge on any atom is -0.493 e. The Morgan fingerprint density at radius 1 is 1.03 bits per heavy atom. The van der Waals surface area contributed by atoms with Gasteiger partial charge < -0.3 is 14.9 Å². The van der Waals surface area contributed by atoms with Gasteiger partial charge in [-0.1, -0.05) is 63.7 Å². The van der Waals surface area contributed by atoms with E-state index >= 15 is 0 Å². The Morgan fingerprint density at radius 2 is 1.67 bits per heavy atom. The van der Waals surface area contributed by atoms with E-state index in [2.05, 4.69) is 59.1 Å². The van der Waals surface area contributed by atoms with Crippen LogP contribution in [-0.4, -0.2) is 11.9 Å². The molecule has 30 heavy (non-hydrogen) atoms. The second-order valence-corrected chi connectivity index (χ2v) is 8.16. The molecule has 2 aromatic carbocycles. The Morgan fingerprint density at radius 3 is 2.23 bits per heavy atom. The molecule has 4 heteroatoms. The number of ether oxygens (including phenoxy) is 1. The molecule has 0 aliphatic heterocycles. The molecule has 0 saturated carbocycles. The van der Waals surface area contributed by atoms with Crippen LogP contribution < -0.4 is 10.5 Å². The normalized spacial score (nSPS) is 12.4. The van der Waals surface area contributed by atoms with E-state index in [4.69, 9.17) is 14.9 Å². The van der Waals surface area contributed by atoms with Crippen LogP contribution in [-0.2, 0) is 12.8 Å². The second kappa shape index (κ2) is 11.7. The zero-order valence-corrected chi connectivity index (χ0v) is 19.5. The molecule has 2 N–H and O–H groups in total. The maximum absolute atomic E-state index is 6.23. The monoisotopic (exact) mass is 427 g/mol. The first-order valence-electron chi connectivity index (χ1n) is 10.6. The van der Waals surface area contributed by atoms with Gasteiger partial charge in [0.05, 0.1) is 24.4 Å². The van der Waals surface area contributed by atoms with Crippen LogP contribution in [0.2, 0.25) is 0 Å². The van der Waals surface area contributed by atoms with Crippen LogP contribution >= 0.6 is 9.24 Å². The van der Waals surface area contributed by atoms with Crippen molar-refractivity contribution in [2.75, 3.05) is 6.61 Å². The van der Waals surface area contributed by atoms with E-state index in [1.54, 1.807) is 12.5 Å². The zero-order valence-electron chi connectivity index (χ0n) is 18.4. The summed E-state index contributed by atoms with van der Waals surface area (Å²) in [5.41, 5.74) is 11.9. The highest BCUT2D eigenvalue weighted by atomic mass is 31.0. The van der Waals surface area contributed by atoms with Gasteiger partial charge in [-0.2, -0.15) is 0 Å². The fraction of sp³-hybridized carbons (Fsp3) is 0.308. The molecule has 1 unspecified atom stereocenters. The summed E-state index contributed by atoms with van der Waals surface area (Å²) < 4.78 is 11.0. The molecule has 0 bridgehead atoms. The van der Waals surface area contributed by atoms with Crippen LogP contribution in [0.15, 0.2) is 83.7 Å². The number of rotatable bonds is 9. The summed E-state index contributed by atoms with van der Waals surface area (Å²) >= 11 is 0. The largest absolute Gasteiger partial charge is 0.493 e. The summed E-state index contributed by atoms with van der Waals surface area (Å²) in [4.78, 5) is 0. The average Bonchev–Trinajstić information content (AvgIpc) is 3.32. The van der Waals surface area contributed by atoms with Crippen LogP contribution in [0.5, 0.6) is 5.75 Å². The Bertz CT molecular complexity index is 893. The molecule has 0 aliphatic rings. The van der Waals surface area contributed by atoms with Crippen LogP contribution in [0.3, 0.4) is 0 Å². The number of benzene rings is 2. The van der Waals surface area contributed by atoms with Crippen molar-refractivity contribution < 1.29 is 12.0 Å². The van der Waals surface area contributed by atoms with Gasteiger partial charge in [0.1, 0.15) is 5.75 Å². The van der Waals surface area contributed by atoms with Crippen molar-refractivity contribution in [2.45, 2.75) is 45.3 Å². The Balaban J connectivity index is 0.00000234. The van der Waals surface area contributed by atoms with E-state index in [1.807, 2.05) is 32.0 Å². The molecule has 1 heterocycles. The van der Waals surface area contributed by atoms with Gasteiger partial charge in [-0.25, -0.2) is 0 Å². The highest BCUT2D eigenvalue weighted by Gasteiger charge is 2.19. The lowest BCUT2D eigenvalue weighted by Crippen LogP contribution is -2.34. The van der Waals surface area contributed by atoms with Gasteiger partial charge in [-0.05, 0) is 53.3 Å². The number of hydrogen-bond acceptors (Lipinski definition) is 3. The summed E-state index contributed by atoms with van der Waals surface area (Å²) in [5.74, 6) is 0.879. The van der Waals surface area contributed by atoms with Crippen LogP contribution in [0.25, 0.3) is 11.1 Å². The van der Waals surface area contributed by atoms with Crippen molar-refractivity contribution in [3.8, 4) is 16.9 Å². The Labute approximate surface area is 186 Å². The number of nitrogens with two attached hydrogens (primary N) is 1. The van der Waals surface area contributed by atoms with Gasteiger partial charge in [0.25, 0.3) is 0 Å². The van der Waals surface area contributed by atoms with Crippen LogP contribution in [0.1, 0.15) is 41.2 Å². The molecule has 0 fully saturated rings. The molecule has 0 amide bonds. The smallest absolute Gasteiger partial charge is 0.119 e. The molecule has 2 atom stereocenters. The van der Waals surface area contributed by atoms with Crippen LogP contribution in [0.4, 0.5) is 0 Å². The van der Waals surface area contributed by atoms with E-state index in [0.717, 1.165) is 41.7 Å². The molecule has 1 aromatic heterocycles. The fourth-order valence-electron chi connectivity index (χ4n) is 2.94.